The molecule has 3 rings (SSSR count). The highest BCUT2D eigenvalue weighted by Crippen LogP contribution is 2.35. The van der Waals surface area contributed by atoms with E-state index in [0.29, 0.717) is 6.42 Å². The highest BCUT2D eigenvalue weighted by molar-refractivity contribution is 6.00. The van der Waals surface area contributed by atoms with Crippen LogP contribution in [-0.2, 0) is 11.2 Å². The fourth-order valence-electron chi connectivity index (χ4n) is 2.52. The molecular formula is C16H16N2O. The number of carbonyl (C=O) groups is 1. The molecule has 0 radical (unpaired) electrons. The third-order valence-corrected chi connectivity index (χ3v) is 3.68. The summed E-state index contributed by atoms with van der Waals surface area (Å²) in [5.41, 5.74) is 7.41. The van der Waals surface area contributed by atoms with Crippen molar-refractivity contribution >= 4 is 11.6 Å². The Hall–Kier alpha value is -2.16. The summed E-state index contributed by atoms with van der Waals surface area (Å²) in [6.45, 7) is 6.09. The Bertz CT molecular complexity index is 689. The molecule has 0 aliphatic carbocycles. The van der Waals surface area contributed by atoms with Crippen molar-refractivity contribution in [1.29, 1.82) is 0 Å². The number of rotatable bonds is 0. The first kappa shape index (κ1) is 11.9. The van der Waals surface area contributed by atoms with Gasteiger partial charge in [-0.15, -0.1) is 0 Å². The van der Waals surface area contributed by atoms with Crippen molar-refractivity contribution in [3.63, 3.8) is 0 Å². The van der Waals surface area contributed by atoms with Crippen molar-refractivity contribution in [1.82, 2.24) is 4.98 Å². The molecule has 3 nitrogen and oxygen atoms in total. The number of pyridine rings is 1. The second-order valence-electron chi connectivity index (χ2n) is 5.19. The van der Waals surface area contributed by atoms with Crippen molar-refractivity contribution in [3.8, 4) is 11.1 Å². The van der Waals surface area contributed by atoms with Crippen LogP contribution in [0.1, 0.15) is 22.4 Å². The molecule has 19 heavy (non-hydrogen) atoms. The van der Waals surface area contributed by atoms with Gasteiger partial charge in [0, 0.05) is 28.7 Å². The maximum atomic E-state index is 12.0. The van der Waals surface area contributed by atoms with Crippen LogP contribution < -0.4 is 5.32 Å². The third-order valence-electron chi connectivity index (χ3n) is 3.68. The summed E-state index contributed by atoms with van der Waals surface area (Å²) in [7, 11) is 0. The highest BCUT2D eigenvalue weighted by atomic mass is 16.1. The van der Waals surface area contributed by atoms with E-state index in [1.54, 1.807) is 0 Å². The van der Waals surface area contributed by atoms with Crippen molar-refractivity contribution in [2.45, 2.75) is 27.2 Å². The summed E-state index contributed by atoms with van der Waals surface area (Å²) >= 11 is 0. The van der Waals surface area contributed by atoms with Gasteiger partial charge in [0.25, 0.3) is 0 Å². The third kappa shape index (κ3) is 2.01. The Balaban J connectivity index is 2.31. The molecule has 0 atom stereocenters. The lowest BCUT2D eigenvalue weighted by atomic mass is 9.96. The van der Waals surface area contributed by atoms with Crippen molar-refractivity contribution < 1.29 is 4.79 Å². The number of amides is 1. The molecule has 1 aliphatic heterocycles. The van der Waals surface area contributed by atoms with Crippen molar-refractivity contribution in [2.24, 2.45) is 0 Å². The normalized spacial score (nSPS) is 13.3. The summed E-state index contributed by atoms with van der Waals surface area (Å²) in [4.78, 5) is 16.4. The summed E-state index contributed by atoms with van der Waals surface area (Å²) < 4.78 is 0. The summed E-state index contributed by atoms with van der Waals surface area (Å²) in [5.74, 6) is 0.0360. The number of hydrogen-bond donors (Lipinski definition) is 1. The van der Waals surface area contributed by atoms with E-state index in [2.05, 4.69) is 30.2 Å². The number of carbonyl (C=O) groups excluding carboxylic acids is 1. The monoisotopic (exact) mass is 252 g/mol. The van der Waals surface area contributed by atoms with Gasteiger partial charge in [-0.2, -0.15) is 0 Å². The number of aryl methyl sites for hydroxylation is 3. The second-order valence-corrected chi connectivity index (χ2v) is 5.19. The predicted molar refractivity (Wildman–Crippen MR) is 76.2 cm³/mol. The molecule has 0 spiro atoms. The fourth-order valence-corrected chi connectivity index (χ4v) is 2.52. The maximum Gasteiger partial charge on any atom is 0.228 e. The van der Waals surface area contributed by atoms with Crippen LogP contribution in [0, 0.1) is 20.8 Å². The minimum atomic E-state index is 0.0360. The number of fused-ring (bicyclic) bond motifs is 3. The van der Waals surface area contributed by atoms with Crippen molar-refractivity contribution in [3.05, 3.63) is 46.8 Å². The van der Waals surface area contributed by atoms with Crippen LogP contribution in [0.15, 0.2) is 24.4 Å². The van der Waals surface area contributed by atoms with Gasteiger partial charge in [-0.3, -0.25) is 9.78 Å². The molecule has 3 heteroatoms. The molecular weight excluding hydrogens is 236 g/mol. The minimum absolute atomic E-state index is 0.0360. The number of hydrogen-bond acceptors (Lipinski definition) is 2. The topological polar surface area (TPSA) is 42.0 Å². The number of nitrogens with one attached hydrogen (secondary N) is 1. The molecule has 0 unspecified atom stereocenters. The molecule has 0 saturated carbocycles. The molecule has 96 valence electrons. The minimum Gasteiger partial charge on any atom is -0.325 e. The first-order valence-electron chi connectivity index (χ1n) is 6.41. The van der Waals surface area contributed by atoms with Gasteiger partial charge in [0.15, 0.2) is 0 Å². The zero-order chi connectivity index (χ0) is 13.6. The predicted octanol–water partition coefficient (Wildman–Crippen LogP) is 3.17. The van der Waals surface area contributed by atoms with Crippen LogP contribution >= 0.6 is 0 Å². The zero-order valence-electron chi connectivity index (χ0n) is 11.4. The smallest absolute Gasteiger partial charge is 0.228 e. The fraction of sp³-hybridized carbons (Fsp3) is 0.250. The molecule has 1 amide bonds. The maximum absolute atomic E-state index is 12.0. The quantitative estimate of drug-likeness (QED) is 0.782. The summed E-state index contributed by atoms with van der Waals surface area (Å²) in [5, 5.41) is 2.99. The van der Waals surface area contributed by atoms with Gasteiger partial charge >= 0.3 is 0 Å². The van der Waals surface area contributed by atoms with Crippen LogP contribution in [0.5, 0.6) is 0 Å². The van der Waals surface area contributed by atoms with Gasteiger partial charge in [0.05, 0.1) is 6.42 Å². The second kappa shape index (κ2) is 4.19. The molecule has 1 aromatic heterocycles. The van der Waals surface area contributed by atoms with Gasteiger partial charge < -0.3 is 5.32 Å². The molecule has 1 aliphatic rings. The van der Waals surface area contributed by atoms with Crippen LogP contribution in [0.4, 0.5) is 5.69 Å². The van der Waals surface area contributed by atoms with Crippen LogP contribution in [0.25, 0.3) is 11.1 Å². The zero-order valence-corrected chi connectivity index (χ0v) is 11.4. The van der Waals surface area contributed by atoms with E-state index in [-0.39, 0.29) is 5.91 Å². The average Bonchev–Trinajstić information content (AvgIpc) is 2.45. The molecule has 1 aromatic carbocycles. The Morgan fingerprint density at radius 2 is 1.79 bits per heavy atom. The Kier molecular flexibility index (Phi) is 2.63. The van der Waals surface area contributed by atoms with E-state index < -0.39 is 0 Å². The molecule has 2 heterocycles. The van der Waals surface area contributed by atoms with E-state index >= 15 is 0 Å². The van der Waals surface area contributed by atoms with Gasteiger partial charge in [-0.05, 0) is 55.7 Å². The van der Waals surface area contributed by atoms with Gasteiger partial charge in [0.2, 0.25) is 5.91 Å². The molecule has 0 saturated heterocycles. The number of aromatic nitrogens is 1. The highest BCUT2D eigenvalue weighted by Gasteiger charge is 2.19. The number of benzene rings is 1. The van der Waals surface area contributed by atoms with Crippen LogP contribution in [-0.4, -0.2) is 10.9 Å². The standard InChI is InChI=1S/C16H16N2O/c1-9-4-13-14-8-17-11(3)6-12(14)7-16(19)18-15(13)5-10(9)2/h4-6,8H,7H2,1-3H3,(H,18,19). The SMILES string of the molecule is Cc1cc2c(cn1)-c1cc(C)c(C)cc1NC(=O)C2. The van der Waals surface area contributed by atoms with Gasteiger partial charge in [0.1, 0.15) is 0 Å². The molecule has 0 bridgehead atoms. The van der Waals surface area contributed by atoms with E-state index in [4.69, 9.17) is 0 Å². The van der Waals surface area contributed by atoms with E-state index in [1.807, 2.05) is 25.3 Å². The lowest BCUT2D eigenvalue weighted by Gasteiger charge is -2.12. The van der Waals surface area contributed by atoms with Crippen molar-refractivity contribution in [2.75, 3.05) is 5.32 Å². The Morgan fingerprint density at radius 1 is 1.05 bits per heavy atom. The van der Waals surface area contributed by atoms with E-state index in [9.17, 15) is 4.79 Å². The van der Waals surface area contributed by atoms with Crippen LogP contribution in [0.2, 0.25) is 0 Å². The number of anilines is 1. The van der Waals surface area contributed by atoms with Crippen LogP contribution in [0.3, 0.4) is 0 Å². The number of nitrogens with zero attached hydrogens (tertiary/aromatic N) is 1. The first-order valence-corrected chi connectivity index (χ1v) is 6.41. The van der Waals surface area contributed by atoms with E-state index in [0.717, 1.165) is 28.1 Å². The van der Waals surface area contributed by atoms with E-state index in [1.165, 1.54) is 11.1 Å². The molecule has 0 fully saturated rings. The summed E-state index contributed by atoms with van der Waals surface area (Å²) in [6.07, 6.45) is 2.28. The lowest BCUT2D eigenvalue weighted by molar-refractivity contribution is -0.115. The first-order chi connectivity index (χ1) is 9.04. The Morgan fingerprint density at radius 3 is 2.58 bits per heavy atom. The molecule has 1 N–H and O–H groups in total. The molecule has 2 aromatic rings. The Labute approximate surface area is 112 Å². The van der Waals surface area contributed by atoms with Gasteiger partial charge in [-0.1, -0.05) is 0 Å². The summed E-state index contributed by atoms with van der Waals surface area (Å²) in [6, 6.07) is 6.17. The average molecular weight is 252 g/mol. The lowest BCUT2D eigenvalue weighted by Crippen LogP contribution is -2.12. The van der Waals surface area contributed by atoms with Gasteiger partial charge in [-0.25, -0.2) is 0 Å². The largest absolute Gasteiger partial charge is 0.325 e.